The molecule has 0 heterocycles. The third-order valence-electron chi connectivity index (χ3n) is 13.2. The maximum absolute atomic E-state index is 12.8. The van der Waals surface area contributed by atoms with Crippen LogP contribution in [0.3, 0.4) is 0 Å². The number of phosphoric ester groups is 1. The molecule has 2 atom stereocenters. The lowest BCUT2D eigenvalue weighted by Crippen LogP contribution is -2.37. The van der Waals surface area contributed by atoms with Crippen molar-refractivity contribution in [2.45, 2.75) is 290 Å². The zero-order valence-corrected chi connectivity index (χ0v) is 47.4. The highest BCUT2D eigenvalue weighted by molar-refractivity contribution is 7.45. The Balaban J connectivity index is 4.04. The van der Waals surface area contributed by atoms with E-state index in [0.29, 0.717) is 24.1 Å². The molecule has 2 unspecified atom stereocenters. The molecule has 0 aliphatic heterocycles. The maximum atomic E-state index is 12.8. The van der Waals surface area contributed by atoms with Crippen LogP contribution >= 0.6 is 7.82 Å². The number of carbonyl (C=O) groups excluding carboxylic acids is 1. The zero-order valence-electron chi connectivity index (χ0n) is 46.5. The second-order valence-corrected chi connectivity index (χ2v) is 22.8. The number of nitrogens with zero attached hydrogens (tertiary/aromatic N) is 1. The first-order valence-corrected chi connectivity index (χ1v) is 31.2. The molecule has 0 aromatic carbocycles. The highest BCUT2D eigenvalue weighted by Gasteiger charge is 2.20. The van der Waals surface area contributed by atoms with Crippen molar-refractivity contribution >= 4 is 13.8 Å². The molecule has 0 aromatic heterocycles. The van der Waals surface area contributed by atoms with Gasteiger partial charge in [-0.25, -0.2) is 0 Å². The van der Waals surface area contributed by atoms with Gasteiger partial charge in [0.05, 0.1) is 34.4 Å². The number of allylic oxidation sites excluding steroid dienone is 6. The van der Waals surface area contributed by atoms with Crippen molar-refractivity contribution in [1.82, 2.24) is 0 Å². The van der Waals surface area contributed by atoms with E-state index < -0.39 is 13.9 Å². The maximum Gasteiger partial charge on any atom is 0.306 e. The summed E-state index contributed by atoms with van der Waals surface area (Å²) in [6.07, 6.45) is 66.2. The van der Waals surface area contributed by atoms with Crippen molar-refractivity contribution < 1.29 is 37.3 Å². The average molecular weight is 995 g/mol. The van der Waals surface area contributed by atoms with E-state index in [4.69, 9.17) is 18.5 Å². The predicted molar refractivity (Wildman–Crippen MR) is 296 cm³/mol. The van der Waals surface area contributed by atoms with Gasteiger partial charge in [-0.05, 0) is 70.6 Å². The van der Waals surface area contributed by atoms with Crippen LogP contribution in [0, 0.1) is 0 Å². The molecule has 0 N–H and O–H groups in total. The van der Waals surface area contributed by atoms with Crippen LogP contribution in [0.25, 0.3) is 0 Å². The molecule has 0 fully saturated rings. The van der Waals surface area contributed by atoms with Gasteiger partial charge in [-0.1, -0.05) is 243 Å². The Morgan fingerprint density at radius 1 is 0.449 bits per heavy atom. The summed E-state index contributed by atoms with van der Waals surface area (Å²) >= 11 is 0. The number of quaternary nitrogens is 1. The SMILES string of the molecule is CCCCCCC/C=C\C/C=C\CCCCCCCCCCCCCCOCC(COP(=O)([O-])OCC[N+](C)(C)C)OC(=O)CCCCCCCCCCCCC/C=C\CCCCCCCCCC. The van der Waals surface area contributed by atoms with E-state index in [0.717, 1.165) is 38.5 Å². The van der Waals surface area contributed by atoms with Crippen molar-refractivity contribution in [3.8, 4) is 0 Å². The molecule has 69 heavy (non-hydrogen) atoms. The van der Waals surface area contributed by atoms with Gasteiger partial charge in [0.15, 0.2) is 0 Å². The third kappa shape index (κ3) is 57.5. The molecule has 0 aliphatic rings. The van der Waals surface area contributed by atoms with Crippen LogP contribution in [0.15, 0.2) is 36.5 Å². The Morgan fingerprint density at radius 2 is 0.797 bits per heavy atom. The monoisotopic (exact) mass is 994 g/mol. The van der Waals surface area contributed by atoms with Gasteiger partial charge in [0.25, 0.3) is 7.82 Å². The summed E-state index contributed by atoms with van der Waals surface area (Å²) in [6, 6.07) is 0. The van der Waals surface area contributed by atoms with E-state index in [1.165, 1.54) is 225 Å². The fourth-order valence-electron chi connectivity index (χ4n) is 8.57. The van der Waals surface area contributed by atoms with Crippen LogP contribution in [0.4, 0.5) is 0 Å². The third-order valence-corrected chi connectivity index (χ3v) is 14.1. The topological polar surface area (TPSA) is 94.1 Å². The molecule has 0 aromatic rings. The van der Waals surface area contributed by atoms with Crippen molar-refractivity contribution in [3.63, 3.8) is 0 Å². The lowest BCUT2D eigenvalue weighted by atomic mass is 10.0. The molecule has 0 radical (unpaired) electrons. The van der Waals surface area contributed by atoms with Crippen molar-refractivity contribution in [2.75, 3.05) is 54.1 Å². The normalized spacial score (nSPS) is 13.7. The first-order valence-electron chi connectivity index (χ1n) is 29.7. The summed E-state index contributed by atoms with van der Waals surface area (Å²) < 4.78 is 34.9. The second-order valence-electron chi connectivity index (χ2n) is 21.4. The van der Waals surface area contributed by atoms with Gasteiger partial charge < -0.3 is 27.9 Å². The highest BCUT2D eigenvalue weighted by atomic mass is 31.2. The second kappa shape index (κ2) is 53.0. The van der Waals surface area contributed by atoms with E-state index in [1.54, 1.807) is 0 Å². The minimum absolute atomic E-state index is 0.0269. The number of carbonyl (C=O) groups is 1. The number of hydrogen-bond donors (Lipinski definition) is 0. The van der Waals surface area contributed by atoms with E-state index in [1.807, 2.05) is 21.1 Å². The Morgan fingerprint density at radius 3 is 1.19 bits per heavy atom. The number of phosphoric acid groups is 1. The zero-order chi connectivity index (χ0) is 50.5. The van der Waals surface area contributed by atoms with Crippen LogP contribution in [0.1, 0.15) is 284 Å². The summed E-state index contributed by atoms with van der Waals surface area (Å²) in [5.74, 6) is -0.330. The van der Waals surface area contributed by atoms with Gasteiger partial charge in [-0.2, -0.15) is 0 Å². The molecule has 408 valence electrons. The Labute approximate surface area is 429 Å². The fourth-order valence-corrected chi connectivity index (χ4v) is 9.30. The first-order chi connectivity index (χ1) is 33.6. The van der Waals surface area contributed by atoms with Crippen LogP contribution in [-0.2, 0) is 27.9 Å². The molecule has 0 spiro atoms. The van der Waals surface area contributed by atoms with Gasteiger partial charge >= 0.3 is 5.97 Å². The lowest BCUT2D eigenvalue weighted by molar-refractivity contribution is -0.870. The predicted octanol–water partition coefficient (Wildman–Crippen LogP) is 18.2. The van der Waals surface area contributed by atoms with E-state index in [2.05, 4.69) is 50.3 Å². The minimum atomic E-state index is -4.53. The van der Waals surface area contributed by atoms with Crippen LogP contribution < -0.4 is 4.89 Å². The number of unbranched alkanes of at least 4 members (excludes halogenated alkanes) is 36. The van der Waals surface area contributed by atoms with E-state index in [-0.39, 0.29) is 25.8 Å². The largest absolute Gasteiger partial charge is 0.756 e. The molecule has 0 saturated heterocycles. The van der Waals surface area contributed by atoms with E-state index >= 15 is 0 Å². The molecule has 0 saturated carbocycles. The number of esters is 1. The van der Waals surface area contributed by atoms with Crippen LogP contribution in [-0.4, -0.2) is 70.7 Å². The standard InChI is InChI=1S/C60H116NO7P/c1-6-8-10-12-14-16-18-20-22-24-26-28-30-32-34-36-38-40-42-44-46-48-50-52-55-65-57-59(58-67-69(63,64)66-56-54-61(3,4)5)68-60(62)53-51-49-47-45-43-41-39-37-35-33-31-29-27-25-23-21-19-17-15-13-11-9-7-2/h18,20,24-27,59H,6-17,19,21-23,28-58H2,1-5H3/b20-18-,26-24-,27-25-. The average Bonchev–Trinajstić information content (AvgIpc) is 3.31. The Bertz CT molecular complexity index is 1200. The van der Waals surface area contributed by atoms with E-state index in [9.17, 15) is 14.3 Å². The van der Waals surface area contributed by atoms with Crippen molar-refractivity contribution in [2.24, 2.45) is 0 Å². The van der Waals surface area contributed by atoms with Gasteiger partial charge in [-0.3, -0.25) is 9.36 Å². The van der Waals surface area contributed by atoms with Crippen molar-refractivity contribution in [3.05, 3.63) is 36.5 Å². The number of ether oxygens (including phenoxy) is 2. The smallest absolute Gasteiger partial charge is 0.306 e. The summed E-state index contributed by atoms with van der Waals surface area (Å²) in [6.45, 7) is 5.45. The Kier molecular flexibility index (Phi) is 52.0. The molecular formula is C60H116NO7P. The summed E-state index contributed by atoms with van der Waals surface area (Å²) in [4.78, 5) is 25.3. The Hall–Kier alpha value is -1.28. The fraction of sp³-hybridized carbons (Fsp3) is 0.883. The lowest BCUT2D eigenvalue weighted by Gasteiger charge is -2.28. The van der Waals surface area contributed by atoms with Crippen molar-refractivity contribution in [1.29, 1.82) is 0 Å². The molecule has 0 amide bonds. The highest BCUT2D eigenvalue weighted by Crippen LogP contribution is 2.38. The minimum Gasteiger partial charge on any atom is -0.756 e. The number of hydrogen-bond acceptors (Lipinski definition) is 7. The molecule has 0 bridgehead atoms. The molecule has 0 aliphatic carbocycles. The van der Waals surface area contributed by atoms with Crippen LogP contribution in [0.2, 0.25) is 0 Å². The first kappa shape index (κ1) is 67.7. The molecular weight excluding hydrogens is 878 g/mol. The quantitative estimate of drug-likeness (QED) is 0.0197. The number of likely N-dealkylation sites (N-methyl/N-ethyl adjacent to an activating group) is 1. The molecule has 0 rings (SSSR count). The number of rotatable bonds is 56. The van der Waals surface area contributed by atoms with Gasteiger partial charge in [-0.15, -0.1) is 0 Å². The molecule has 8 nitrogen and oxygen atoms in total. The summed E-state index contributed by atoms with van der Waals surface area (Å²) in [5, 5.41) is 0. The van der Waals surface area contributed by atoms with Gasteiger partial charge in [0.2, 0.25) is 0 Å². The summed E-state index contributed by atoms with van der Waals surface area (Å²) in [5.41, 5.74) is 0. The molecule has 9 heteroatoms. The van der Waals surface area contributed by atoms with Gasteiger partial charge in [0, 0.05) is 13.0 Å². The van der Waals surface area contributed by atoms with Crippen LogP contribution in [0.5, 0.6) is 0 Å². The summed E-state index contributed by atoms with van der Waals surface area (Å²) in [7, 11) is 1.37. The van der Waals surface area contributed by atoms with Gasteiger partial charge in [0.1, 0.15) is 19.3 Å².